The van der Waals surface area contributed by atoms with Crippen molar-refractivity contribution in [2.45, 2.75) is 12.8 Å². The Morgan fingerprint density at radius 3 is 2.21 bits per heavy atom. The topological polar surface area (TPSA) is 26.0 Å². The third-order valence-electron chi connectivity index (χ3n) is 3.13. The first kappa shape index (κ1) is 11.7. The fourth-order valence-electron chi connectivity index (χ4n) is 2.09. The molecule has 2 heteroatoms. The Bertz CT molecular complexity index is 629. The first-order valence-electron chi connectivity index (χ1n) is 6.47. The molecule has 1 aromatic heterocycles. The molecule has 0 unspecified atom stereocenters. The number of aryl methyl sites for hydroxylation is 2. The number of nitrogens with zero attached hydrogens (tertiary/aromatic N) is 1. The molecule has 3 aromatic rings. The SMILES string of the molecule is c1ccc(CCc2cc(-c3ccccc3)on2)cc1. The molecule has 94 valence electrons. The minimum atomic E-state index is 0.837. The van der Waals surface area contributed by atoms with E-state index >= 15 is 0 Å². The van der Waals surface area contributed by atoms with E-state index < -0.39 is 0 Å². The zero-order valence-corrected chi connectivity index (χ0v) is 10.6. The van der Waals surface area contributed by atoms with Crippen molar-refractivity contribution in [3.8, 4) is 11.3 Å². The van der Waals surface area contributed by atoms with Crippen LogP contribution in [0, 0.1) is 0 Å². The largest absolute Gasteiger partial charge is 0.356 e. The second-order valence-electron chi connectivity index (χ2n) is 4.53. The molecule has 0 spiro atoms. The van der Waals surface area contributed by atoms with E-state index in [-0.39, 0.29) is 0 Å². The van der Waals surface area contributed by atoms with Crippen LogP contribution in [-0.4, -0.2) is 5.16 Å². The molecule has 0 aliphatic rings. The molecule has 19 heavy (non-hydrogen) atoms. The maximum atomic E-state index is 5.39. The van der Waals surface area contributed by atoms with Crippen LogP contribution in [-0.2, 0) is 12.8 Å². The Balaban J connectivity index is 1.69. The molecule has 2 nitrogen and oxygen atoms in total. The Morgan fingerprint density at radius 2 is 1.47 bits per heavy atom. The Kier molecular flexibility index (Phi) is 3.41. The third kappa shape index (κ3) is 2.91. The number of rotatable bonds is 4. The summed E-state index contributed by atoms with van der Waals surface area (Å²) in [6, 6.07) is 22.5. The average molecular weight is 249 g/mol. The van der Waals surface area contributed by atoms with Gasteiger partial charge in [-0.1, -0.05) is 65.8 Å². The Labute approximate surface area is 112 Å². The molecule has 0 aliphatic heterocycles. The van der Waals surface area contributed by atoms with Gasteiger partial charge in [-0.3, -0.25) is 0 Å². The van der Waals surface area contributed by atoms with Gasteiger partial charge in [0.15, 0.2) is 5.76 Å². The summed E-state index contributed by atoms with van der Waals surface area (Å²) in [7, 11) is 0. The monoisotopic (exact) mass is 249 g/mol. The van der Waals surface area contributed by atoms with Crippen molar-refractivity contribution in [1.29, 1.82) is 0 Å². The quantitative estimate of drug-likeness (QED) is 0.695. The molecule has 2 aromatic carbocycles. The normalized spacial score (nSPS) is 10.5. The molecule has 0 bridgehead atoms. The first-order valence-corrected chi connectivity index (χ1v) is 6.47. The second-order valence-corrected chi connectivity index (χ2v) is 4.53. The smallest absolute Gasteiger partial charge is 0.167 e. The van der Waals surface area contributed by atoms with E-state index in [4.69, 9.17) is 4.52 Å². The minimum Gasteiger partial charge on any atom is -0.356 e. The van der Waals surface area contributed by atoms with Crippen molar-refractivity contribution >= 4 is 0 Å². The lowest BCUT2D eigenvalue weighted by Crippen LogP contribution is -1.90. The van der Waals surface area contributed by atoms with E-state index in [0.29, 0.717) is 0 Å². The van der Waals surface area contributed by atoms with E-state index in [1.54, 1.807) is 0 Å². The van der Waals surface area contributed by atoms with Gasteiger partial charge in [0.1, 0.15) is 0 Å². The van der Waals surface area contributed by atoms with Gasteiger partial charge >= 0.3 is 0 Å². The van der Waals surface area contributed by atoms with Crippen molar-refractivity contribution in [2.24, 2.45) is 0 Å². The molecule has 3 rings (SSSR count). The van der Waals surface area contributed by atoms with Gasteiger partial charge in [0.2, 0.25) is 0 Å². The van der Waals surface area contributed by atoms with Crippen LogP contribution < -0.4 is 0 Å². The lowest BCUT2D eigenvalue weighted by atomic mass is 10.1. The van der Waals surface area contributed by atoms with Crippen molar-refractivity contribution < 1.29 is 4.52 Å². The van der Waals surface area contributed by atoms with Gasteiger partial charge < -0.3 is 4.52 Å². The number of hydrogen-bond acceptors (Lipinski definition) is 2. The van der Waals surface area contributed by atoms with E-state index in [1.807, 2.05) is 42.5 Å². The molecule has 1 heterocycles. The Morgan fingerprint density at radius 1 is 0.789 bits per heavy atom. The van der Waals surface area contributed by atoms with Crippen LogP contribution >= 0.6 is 0 Å². The highest BCUT2D eigenvalue weighted by Crippen LogP contribution is 2.20. The van der Waals surface area contributed by atoms with Gasteiger partial charge in [-0.25, -0.2) is 0 Å². The maximum absolute atomic E-state index is 5.39. The lowest BCUT2D eigenvalue weighted by molar-refractivity contribution is 0.423. The number of aromatic nitrogens is 1. The fourth-order valence-corrected chi connectivity index (χ4v) is 2.09. The van der Waals surface area contributed by atoms with Crippen LogP contribution in [0.3, 0.4) is 0 Å². The zero-order valence-electron chi connectivity index (χ0n) is 10.6. The molecule has 0 radical (unpaired) electrons. The zero-order chi connectivity index (χ0) is 12.9. The number of benzene rings is 2. The number of hydrogen-bond donors (Lipinski definition) is 0. The van der Waals surface area contributed by atoms with Crippen molar-refractivity contribution in [2.75, 3.05) is 0 Å². The third-order valence-corrected chi connectivity index (χ3v) is 3.13. The van der Waals surface area contributed by atoms with Crippen LogP contribution in [0.25, 0.3) is 11.3 Å². The summed E-state index contributed by atoms with van der Waals surface area (Å²) in [4.78, 5) is 0. The predicted octanol–water partition coefficient (Wildman–Crippen LogP) is 4.13. The summed E-state index contributed by atoms with van der Waals surface area (Å²) in [6.07, 6.45) is 1.89. The molecule has 0 saturated heterocycles. The van der Waals surface area contributed by atoms with Crippen LogP contribution in [0.4, 0.5) is 0 Å². The predicted molar refractivity (Wildman–Crippen MR) is 75.8 cm³/mol. The van der Waals surface area contributed by atoms with E-state index in [9.17, 15) is 0 Å². The van der Waals surface area contributed by atoms with Gasteiger partial charge in [0.05, 0.1) is 5.69 Å². The highest BCUT2D eigenvalue weighted by molar-refractivity contribution is 5.56. The van der Waals surface area contributed by atoms with Crippen molar-refractivity contribution in [1.82, 2.24) is 5.16 Å². The highest BCUT2D eigenvalue weighted by atomic mass is 16.5. The molecule has 0 atom stereocenters. The summed E-state index contributed by atoms with van der Waals surface area (Å²) < 4.78 is 5.39. The van der Waals surface area contributed by atoms with Crippen LogP contribution in [0.5, 0.6) is 0 Å². The van der Waals surface area contributed by atoms with Crippen LogP contribution in [0.2, 0.25) is 0 Å². The maximum Gasteiger partial charge on any atom is 0.167 e. The highest BCUT2D eigenvalue weighted by Gasteiger charge is 2.06. The van der Waals surface area contributed by atoms with Gasteiger partial charge in [-0.05, 0) is 18.4 Å². The molecule has 0 N–H and O–H groups in total. The fraction of sp³-hybridized carbons (Fsp3) is 0.118. The van der Waals surface area contributed by atoms with Crippen LogP contribution in [0.15, 0.2) is 71.3 Å². The minimum absolute atomic E-state index is 0.837. The van der Waals surface area contributed by atoms with Crippen molar-refractivity contribution in [3.63, 3.8) is 0 Å². The first-order chi connectivity index (χ1) is 9.42. The van der Waals surface area contributed by atoms with Gasteiger partial charge in [-0.2, -0.15) is 0 Å². The summed E-state index contributed by atoms with van der Waals surface area (Å²) in [5.41, 5.74) is 3.40. The van der Waals surface area contributed by atoms with Gasteiger partial charge in [0.25, 0.3) is 0 Å². The van der Waals surface area contributed by atoms with Gasteiger partial charge in [-0.15, -0.1) is 0 Å². The summed E-state index contributed by atoms with van der Waals surface area (Å²) in [5.74, 6) is 0.837. The standard InChI is InChI=1S/C17H15NO/c1-3-7-14(8-4-1)11-12-16-13-17(19-18-16)15-9-5-2-6-10-15/h1-10,13H,11-12H2. The molecule has 0 aliphatic carbocycles. The van der Waals surface area contributed by atoms with E-state index in [1.165, 1.54) is 5.56 Å². The van der Waals surface area contributed by atoms with Crippen molar-refractivity contribution in [3.05, 3.63) is 78.0 Å². The van der Waals surface area contributed by atoms with Gasteiger partial charge in [0, 0.05) is 11.6 Å². The average Bonchev–Trinajstić information content (AvgIpc) is 2.96. The summed E-state index contributed by atoms with van der Waals surface area (Å²) >= 11 is 0. The van der Waals surface area contributed by atoms with E-state index in [2.05, 4.69) is 29.4 Å². The van der Waals surface area contributed by atoms with E-state index in [0.717, 1.165) is 29.9 Å². The molecule has 0 amide bonds. The van der Waals surface area contributed by atoms with Crippen LogP contribution in [0.1, 0.15) is 11.3 Å². The lowest BCUT2D eigenvalue weighted by Gasteiger charge is -1.97. The molecular weight excluding hydrogens is 234 g/mol. The molecular formula is C17H15NO. The summed E-state index contributed by atoms with van der Waals surface area (Å²) in [5, 5.41) is 4.13. The summed E-state index contributed by atoms with van der Waals surface area (Å²) in [6.45, 7) is 0. The molecule has 0 fully saturated rings. The molecule has 0 saturated carbocycles. The Hall–Kier alpha value is -2.35. The second kappa shape index (κ2) is 5.53.